The number of nitrogens with zero attached hydrogens (tertiary/aromatic N) is 1. The molecule has 0 saturated carbocycles. The molecule has 0 spiro atoms. The second-order valence-electron chi connectivity index (χ2n) is 4.28. The first-order valence-corrected chi connectivity index (χ1v) is 7.02. The van der Waals surface area contributed by atoms with Gasteiger partial charge < -0.3 is 5.73 Å². The topological polar surface area (TPSA) is 54.7 Å². The molecule has 3 aromatic rings. The molecule has 0 bridgehead atoms. The van der Waals surface area contributed by atoms with Crippen LogP contribution in [0.4, 0.5) is 5.82 Å². The number of halogens is 1. The number of aromatic amines is 1. The first-order valence-electron chi connectivity index (χ1n) is 5.82. The number of aryl methyl sites for hydroxylation is 1. The standard InChI is InChI=1S/C14H12ClN3S/c1-8-4-2-3-5-9(8)12-13(17-18-14(12)16)10-6-7-11(15)19-10/h2-7H,1H3,(H3,16,17,18). The average Bonchev–Trinajstić information content (AvgIpc) is 2.96. The third-order valence-electron chi connectivity index (χ3n) is 3.03. The Bertz CT molecular complexity index is 730. The SMILES string of the molecule is Cc1ccccc1-c1c(N)n[nH]c1-c1ccc(Cl)s1. The summed E-state index contributed by atoms with van der Waals surface area (Å²) in [5, 5.41) is 7.14. The summed E-state index contributed by atoms with van der Waals surface area (Å²) in [6, 6.07) is 12.0. The minimum Gasteiger partial charge on any atom is -0.382 e. The fourth-order valence-corrected chi connectivity index (χ4v) is 3.15. The van der Waals surface area contributed by atoms with Gasteiger partial charge in [0.15, 0.2) is 5.82 Å². The molecular weight excluding hydrogens is 278 g/mol. The number of H-pyrrole nitrogens is 1. The van der Waals surface area contributed by atoms with Crippen molar-refractivity contribution in [2.75, 3.05) is 5.73 Å². The van der Waals surface area contributed by atoms with Gasteiger partial charge in [-0.3, -0.25) is 5.10 Å². The maximum atomic E-state index is 6.02. The van der Waals surface area contributed by atoms with Gasteiger partial charge in [-0.2, -0.15) is 5.10 Å². The zero-order valence-corrected chi connectivity index (χ0v) is 11.8. The molecule has 0 fully saturated rings. The van der Waals surface area contributed by atoms with E-state index in [4.69, 9.17) is 17.3 Å². The minimum atomic E-state index is 0.508. The molecule has 2 aromatic heterocycles. The average molecular weight is 290 g/mol. The van der Waals surface area contributed by atoms with Gasteiger partial charge in [0.05, 0.1) is 20.5 Å². The van der Waals surface area contributed by atoms with E-state index in [9.17, 15) is 0 Å². The molecule has 1 aromatic carbocycles. The molecule has 5 heteroatoms. The van der Waals surface area contributed by atoms with Gasteiger partial charge in [0.2, 0.25) is 0 Å². The fourth-order valence-electron chi connectivity index (χ4n) is 2.11. The normalized spacial score (nSPS) is 10.8. The van der Waals surface area contributed by atoms with Crippen LogP contribution in [0.5, 0.6) is 0 Å². The lowest BCUT2D eigenvalue weighted by atomic mass is 10.00. The Hall–Kier alpha value is -1.78. The van der Waals surface area contributed by atoms with Crippen molar-refractivity contribution < 1.29 is 0 Å². The maximum absolute atomic E-state index is 6.02. The van der Waals surface area contributed by atoms with Crippen LogP contribution in [-0.4, -0.2) is 10.2 Å². The molecule has 0 radical (unpaired) electrons. The summed E-state index contributed by atoms with van der Waals surface area (Å²) in [6.07, 6.45) is 0. The highest BCUT2D eigenvalue weighted by Crippen LogP contribution is 2.39. The zero-order chi connectivity index (χ0) is 13.4. The van der Waals surface area contributed by atoms with E-state index < -0.39 is 0 Å². The molecule has 2 heterocycles. The summed E-state index contributed by atoms with van der Waals surface area (Å²) in [5.41, 5.74) is 10.1. The molecule has 0 aliphatic carbocycles. The lowest BCUT2D eigenvalue weighted by Gasteiger charge is -2.06. The van der Waals surface area contributed by atoms with Gasteiger partial charge in [-0.15, -0.1) is 11.3 Å². The van der Waals surface area contributed by atoms with E-state index in [1.165, 1.54) is 16.9 Å². The number of nitrogen functional groups attached to an aromatic ring is 1. The van der Waals surface area contributed by atoms with Crippen molar-refractivity contribution in [2.45, 2.75) is 6.92 Å². The van der Waals surface area contributed by atoms with Crippen LogP contribution in [-0.2, 0) is 0 Å². The molecule has 0 aliphatic rings. The third kappa shape index (κ3) is 2.13. The number of aromatic nitrogens is 2. The van der Waals surface area contributed by atoms with Crippen molar-refractivity contribution in [3.63, 3.8) is 0 Å². The quantitative estimate of drug-likeness (QED) is 0.737. The molecule has 0 amide bonds. The molecule has 0 atom stereocenters. The van der Waals surface area contributed by atoms with Crippen molar-refractivity contribution in [3.8, 4) is 21.7 Å². The van der Waals surface area contributed by atoms with Gasteiger partial charge in [-0.1, -0.05) is 35.9 Å². The van der Waals surface area contributed by atoms with Crippen LogP contribution in [0.15, 0.2) is 36.4 Å². The Morgan fingerprint density at radius 2 is 2.00 bits per heavy atom. The lowest BCUT2D eigenvalue weighted by molar-refractivity contribution is 1.11. The first kappa shape index (κ1) is 12.3. The fraction of sp³-hybridized carbons (Fsp3) is 0.0714. The third-order valence-corrected chi connectivity index (χ3v) is 4.28. The van der Waals surface area contributed by atoms with Gasteiger partial charge in [0.25, 0.3) is 0 Å². The summed E-state index contributed by atoms with van der Waals surface area (Å²) in [5.74, 6) is 0.508. The van der Waals surface area contributed by atoms with Gasteiger partial charge in [0.1, 0.15) is 0 Å². The highest BCUT2D eigenvalue weighted by atomic mass is 35.5. The minimum absolute atomic E-state index is 0.508. The Morgan fingerprint density at radius 1 is 1.21 bits per heavy atom. The van der Waals surface area contributed by atoms with Crippen LogP contribution in [0.1, 0.15) is 5.56 Å². The van der Waals surface area contributed by atoms with Gasteiger partial charge in [-0.25, -0.2) is 0 Å². The van der Waals surface area contributed by atoms with Crippen LogP contribution in [0.3, 0.4) is 0 Å². The molecular formula is C14H12ClN3S. The van der Waals surface area contributed by atoms with E-state index in [0.29, 0.717) is 5.82 Å². The highest BCUT2D eigenvalue weighted by Gasteiger charge is 2.17. The van der Waals surface area contributed by atoms with Crippen LogP contribution in [0.2, 0.25) is 4.34 Å². The molecule has 19 heavy (non-hydrogen) atoms. The van der Waals surface area contributed by atoms with E-state index in [-0.39, 0.29) is 0 Å². The van der Waals surface area contributed by atoms with Crippen LogP contribution < -0.4 is 5.73 Å². The monoisotopic (exact) mass is 289 g/mol. The van der Waals surface area contributed by atoms with Crippen LogP contribution in [0.25, 0.3) is 21.7 Å². The Labute approximate surface area is 120 Å². The smallest absolute Gasteiger partial charge is 0.153 e. The molecule has 3 nitrogen and oxygen atoms in total. The predicted molar refractivity (Wildman–Crippen MR) is 81.5 cm³/mol. The number of thiophene rings is 1. The summed E-state index contributed by atoms with van der Waals surface area (Å²) >= 11 is 7.51. The number of nitrogens with two attached hydrogens (primary N) is 1. The van der Waals surface area contributed by atoms with Crippen molar-refractivity contribution in [1.29, 1.82) is 0 Å². The largest absolute Gasteiger partial charge is 0.382 e. The van der Waals surface area contributed by atoms with Crippen molar-refractivity contribution in [2.24, 2.45) is 0 Å². The Kier molecular flexibility index (Phi) is 3.05. The zero-order valence-electron chi connectivity index (χ0n) is 10.3. The highest BCUT2D eigenvalue weighted by molar-refractivity contribution is 7.19. The van der Waals surface area contributed by atoms with Crippen molar-refractivity contribution in [1.82, 2.24) is 10.2 Å². The Balaban J connectivity index is 2.22. The number of nitrogens with one attached hydrogen (secondary N) is 1. The molecule has 96 valence electrons. The lowest BCUT2D eigenvalue weighted by Crippen LogP contribution is -1.90. The number of anilines is 1. The molecule has 3 N–H and O–H groups in total. The molecule has 0 aliphatic heterocycles. The number of hydrogen-bond donors (Lipinski definition) is 2. The predicted octanol–water partition coefficient (Wildman–Crippen LogP) is 4.35. The summed E-state index contributed by atoms with van der Waals surface area (Å²) in [4.78, 5) is 1.03. The van der Waals surface area contributed by atoms with E-state index in [1.54, 1.807) is 0 Å². The van der Waals surface area contributed by atoms with Gasteiger partial charge >= 0.3 is 0 Å². The number of hydrogen-bond acceptors (Lipinski definition) is 3. The number of rotatable bonds is 2. The second kappa shape index (κ2) is 4.72. The van der Waals surface area contributed by atoms with E-state index in [2.05, 4.69) is 29.3 Å². The summed E-state index contributed by atoms with van der Waals surface area (Å²) in [7, 11) is 0. The first-order chi connectivity index (χ1) is 9.16. The van der Waals surface area contributed by atoms with Crippen LogP contribution >= 0.6 is 22.9 Å². The van der Waals surface area contributed by atoms with E-state index in [1.807, 2.05) is 24.3 Å². The van der Waals surface area contributed by atoms with Gasteiger partial charge in [-0.05, 0) is 30.2 Å². The second-order valence-corrected chi connectivity index (χ2v) is 5.99. The van der Waals surface area contributed by atoms with Crippen molar-refractivity contribution in [3.05, 3.63) is 46.3 Å². The Morgan fingerprint density at radius 3 is 2.68 bits per heavy atom. The van der Waals surface area contributed by atoms with E-state index >= 15 is 0 Å². The van der Waals surface area contributed by atoms with Crippen molar-refractivity contribution >= 4 is 28.8 Å². The van der Waals surface area contributed by atoms with E-state index in [0.717, 1.165) is 26.0 Å². The molecule has 0 unspecified atom stereocenters. The van der Waals surface area contributed by atoms with Crippen LogP contribution in [0, 0.1) is 6.92 Å². The molecule has 0 saturated heterocycles. The summed E-state index contributed by atoms with van der Waals surface area (Å²) < 4.78 is 0.749. The maximum Gasteiger partial charge on any atom is 0.153 e. The van der Waals surface area contributed by atoms with Gasteiger partial charge in [0, 0.05) is 0 Å². The number of benzene rings is 1. The summed E-state index contributed by atoms with van der Waals surface area (Å²) in [6.45, 7) is 2.06. The molecule has 3 rings (SSSR count).